The molecule has 1 unspecified atom stereocenters. The number of rotatable bonds is 11. The summed E-state index contributed by atoms with van der Waals surface area (Å²) in [5.41, 5.74) is 6.54. The number of non-ortho nitro benzene ring substituents is 1. The molecule has 0 bridgehead atoms. The second kappa shape index (κ2) is 12.4. The van der Waals surface area contributed by atoms with Gasteiger partial charge in [-0.25, -0.2) is 0 Å². The number of halogens is 1. The summed E-state index contributed by atoms with van der Waals surface area (Å²) in [5.74, 6) is 0.686. The van der Waals surface area contributed by atoms with Crippen LogP contribution in [0.1, 0.15) is 23.7 Å². The van der Waals surface area contributed by atoms with Crippen LogP contribution >= 0.6 is 11.6 Å². The molecule has 10 nitrogen and oxygen atoms in total. The van der Waals surface area contributed by atoms with Gasteiger partial charge in [0.2, 0.25) is 0 Å². The third-order valence-corrected chi connectivity index (χ3v) is 5.62. The Hall–Kier alpha value is -3.08. The number of nitro groups is 1. The van der Waals surface area contributed by atoms with E-state index in [0.717, 1.165) is 19.5 Å². The second-order valence-electron chi connectivity index (χ2n) is 7.76. The van der Waals surface area contributed by atoms with E-state index < -0.39 is 4.92 Å². The van der Waals surface area contributed by atoms with Gasteiger partial charge in [-0.15, -0.1) is 0 Å². The Bertz CT molecular complexity index is 988. The molecule has 11 heteroatoms. The number of benzene rings is 2. The van der Waals surface area contributed by atoms with Crippen LogP contribution < -0.4 is 20.5 Å². The van der Waals surface area contributed by atoms with Crippen LogP contribution in [-0.2, 0) is 4.74 Å². The van der Waals surface area contributed by atoms with Crippen LogP contribution in [0.4, 0.5) is 11.4 Å². The summed E-state index contributed by atoms with van der Waals surface area (Å²) in [7, 11) is 0. The van der Waals surface area contributed by atoms with Crippen LogP contribution in [0.5, 0.6) is 11.5 Å². The molecule has 184 valence electrons. The number of hydrogen-bond donors (Lipinski definition) is 2. The molecule has 3 N–H and O–H groups in total. The van der Waals surface area contributed by atoms with E-state index in [1.807, 2.05) is 6.92 Å². The Balaban J connectivity index is 1.42. The molecule has 0 saturated carbocycles. The SMILES string of the molecule is CCOc1cc(N)c(Cl)cc1C(=O)NCC1CN(CCCOc2ccc([N+](=O)[O-])cc2)CCO1. The Kier molecular flexibility index (Phi) is 9.32. The highest BCUT2D eigenvalue weighted by Crippen LogP contribution is 2.29. The van der Waals surface area contributed by atoms with Gasteiger partial charge in [-0.05, 0) is 31.5 Å². The maximum atomic E-state index is 12.7. The normalized spacial score (nSPS) is 16.1. The lowest BCUT2D eigenvalue weighted by atomic mass is 10.1. The molecule has 1 aliphatic rings. The first-order valence-electron chi connectivity index (χ1n) is 11.1. The average Bonchev–Trinajstić information content (AvgIpc) is 2.83. The van der Waals surface area contributed by atoms with Crippen LogP contribution in [0.3, 0.4) is 0 Å². The van der Waals surface area contributed by atoms with Gasteiger partial charge >= 0.3 is 0 Å². The average molecular weight is 493 g/mol. The lowest BCUT2D eigenvalue weighted by Gasteiger charge is -2.33. The number of ether oxygens (including phenoxy) is 3. The largest absolute Gasteiger partial charge is 0.494 e. The zero-order valence-electron chi connectivity index (χ0n) is 19.0. The highest BCUT2D eigenvalue weighted by molar-refractivity contribution is 6.33. The predicted molar refractivity (Wildman–Crippen MR) is 129 cm³/mol. The lowest BCUT2D eigenvalue weighted by Crippen LogP contribution is -2.47. The number of nitrogens with zero attached hydrogens (tertiary/aromatic N) is 2. The molecule has 2 aromatic rings. The highest BCUT2D eigenvalue weighted by atomic mass is 35.5. The van der Waals surface area contributed by atoms with Crippen LogP contribution in [0.2, 0.25) is 5.02 Å². The van der Waals surface area contributed by atoms with Crippen molar-refractivity contribution < 1.29 is 23.9 Å². The number of morpholine rings is 1. The molecule has 34 heavy (non-hydrogen) atoms. The summed E-state index contributed by atoms with van der Waals surface area (Å²) >= 11 is 6.09. The van der Waals surface area contributed by atoms with Crippen molar-refractivity contribution in [3.63, 3.8) is 0 Å². The van der Waals surface area contributed by atoms with E-state index in [0.29, 0.717) is 60.7 Å². The fourth-order valence-electron chi connectivity index (χ4n) is 3.57. The Morgan fingerprint density at radius 1 is 1.32 bits per heavy atom. The maximum Gasteiger partial charge on any atom is 0.269 e. The fourth-order valence-corrected chi connectivity index (χ4v) is 3.74. The van der Waals surface area contributed by atoms with Gasteiger partial charge in [0, 0.05) is 44.4 Å². The number of carbonyl (C=O) groups is 1. The van der Waals surface area contributed by atoms with Crippen LogP contribution in [0, 0.1) is 10.1 Å². The highest BCUT2D eigenvalue weighted by Gasteiger charge is 2.22. The van der Waals surface area contributed by atoms with E-state index in [2.05, 4.69) is 10.2 Å². The molecule has 1 saturated heterocycles. The van der Waals surface area contributed by atoms with Crippen LogP contribution in [0.15, 0.2) is 36.4 Å². The summed E-state index contributed by atoms with van der Waals surface area (Å²) in [5, 5.41) is 13.9. The first kappa shape index (κ1) is 25.5. The molecule has 1 heterocycles. The molecule has 0 aliphatic carbocycles. The van der Waals surface area contributed by atoms with Gasteiger partial charge in [0.15, 0.2) is 0 Å². The molecule has 1 atom stereocenters. The zero-order valence-corrected chi connectivity index (χ0v) is 19.8. The van der Waals surface area contributed by atoms with Crippen molar-refractivity contribution in [3.8, 4) is 11.5 Å². The van der Waals surface area contributed by atoms with Gasteiger partial charge in [0.1, 0.15) is 11.5 Å². The molecule has 1 amide bonds. The summed E-state index contributed by atoms with van der Waals surface area (Å²) in [6.45, 7) is 5.92. The van der Waals surface area contributed by atoms with Gasteiger partial charge in [0.25, 0.3) is 11.6 Å². The van der Waals surface area contributed by atoms with Crippen molar-refractivity contribution >= 4 is 28.9 Å². The number of hydrogen-bond acceptors (Lipinski definition) is 8. The van der Waals surface area contributed by atoms with E-state index >= 15 is 0 Å². The molecule has 0 aromatic heterocycles. The third kappa shape index (κ3) is 7.21. The number of nitrogens with two attached hydrogens (primary N) is 1. The molecular weight excluding hydrogens is 464 g/mol. The maximum absolute atomic E-state index is 12.7. The number of nitro benzene ring substituents is 1. The molecule has 0 spiro atoms. The van der Waals surface area contributed by atoms with Crippen LogP contribution in [-0.4, -0.2) is 67.8 Å². The number of anilines is 1. The fraction of sp³-hybridized carbons (Fsp3) is 0.435. The second-order valence-corrected chi connectivity index (χ2v) is 8.17. The number of nitrogens with one attached hydrogen (secondary N) is 1. The molecule has 1 fully saturated rings. The first-order chi connectivity index (χ1) is 16.4. The lowest BCUT2D eigenvalue weighted by molar-refractivity contribution is -0.384. The van der Waals surface area contributed by atoms with Gasteiger partial charge in [-0.1, -0.05) is 11.6 Å². The van der Waals surface area contributed by atoms with Gasteiger partial charge in [-0.2, -0.15) is 0 Å². The van der Waals surface area contributed by atoms with Crippen molar-refractivity contribution in [2.24, 2.45) is 0 Å². The Morgan fingerprint density at radius 2 is 2.09 bits per heavy atom. The molecular formula is C23H29ClN4O6. The van der Waals surface area contributed by atoms with E-state index in [-0.39, 0.29) is 17.7 Å². The number of carbonyl (C=O) groups excluding carboxylic acids is 1. The number of nitrogen functional groups attached to an aromatic ring is 1. The first-order valence-corrected chi connectivity index (χ1v) is 11.5. The topological polar surface area (TPSA) is 129 Å². The molecule has 1 aliphatic heterocycles. The van der Waals surface area contributed by atoms with E-state index in [1.54, 1.807) is 18.2 Å². The molecule has 0 radical (unpaired) electrons. The molecule has 2 aromatic carbocycles. The van der Waals surface area contributed by atoms with Crippen molar-refractivity contribution in [2.75, 3.05) is 51.7 Å². The van der Waals surface area contributed by atoms with Crippen molar-refractivity contribution in [2.45, 2.75) is 19.4 Å². The minimum absolute atomic E-state index is 0.0346. The van der Waals surface area contributed by atoms with Gasteiger partial charge in [0.05, 0.1) is 47.1 Å². The van der Waals surface area contributed by atoms with Crippen molar-refractivity contribution in [1.29, 1.82) is 0 Å². The van der Waals surface area contributed by atoms with Crippen molar-refractivity contribution in [1.82, 2.24) is 10.2 Å². The van der Waals surface area contributed by atoms with E-state index in [4.69, 9.17) is 31.5 Å². The Labute approximate surface area is 203 Å². The Morgan fingerprint density at radius 3 is 2.79 bits per heavy atom. The minimum atomic E-state index is -0.441. The smallest absolute Gasteiger partial charge is 0.269 e. The predicted octanol–water partition coefficient (Wildman–Crippen LogP) is 3.13. The summed E-state index contributed by atoms with van der Waals surface area (Å²) in [6.07, 6.45) is 0.644. The standard InChI is InChI=1S/C23H29ClN4O6/c1-2-32-22-13-21(25)20(24)12-19(22)23(29)26-14-18-15-27(9-11-34-18)8-3-10-33-17-6-4-16(5-7-17)28(30)31/h4-7,12-13,18H,2-3,8-11,14-15,25H2,1H3,(H,26,29). The van der Waals surface area contributed by atoms with Gasteiger partial charge < -0.3 is 25.3 Å². The van der Waals surface area contributed by atoms with Crippen molar-refractivity contribution in [3.05, 3.63) is 57.1 Å². The third-order valence-electron chi connectivity index (χ3n) is 5.29. The van der Waals surface area contributed by atoms with Crippen LogP contribution in [0.25, 0.3) is 0 Å². The quantitative estimate of drug-likeness (QED) is 0.212. The van der Waals surface area contributed by atoms with E-state index in [1.165, 1.54) is 18.2 Å². The minimum Gasteiger partial charge on any atom is -0.494 e. The molecule has 3 rings (SSSR count). The summed E-state index contributed by atoms with van der Waals surface area (Å²) in [4.78, 5) is 25.2. The number of amides is 1. The monoisotopic (exact) mass is 492 g/mol. The zero-order chi connectivity index (χ0) is 24.5. The van der Waals surface area contributed by atoms with Gasteiger partial charge in [-0.3, -0.25) is 19.8 Å². The summed E-state index contributed by atoms with van der Waals surface area (Å²) in [6, 6.07) is 9.10. The summed E-state index contributed by atoms with van der Waals surface area (Å²) < 4.78 is 17.0. The van der Waals surface area contributed by atoms with E-state index in [9.17, 15) is 14.9 Å².